The number of likely N-dealkylation sites (tertiary alicyclic amines) is 1. The van der Waals surface area contributed by atoms with E-state index in [1.807, 2.05) is 0 Å². The normalized spacial score (nSPS) is 18.8. The van der Waals surface area contributed by atoms with Gasteiger partial charge in [-0.1, -0.05) is 6.07 Å². The molecule has 2 aliphatic rings. The number of ether oxygens (including phenoxy) is 1. The van der Waals surface area contributed by atoms with Gasteiger partial charge >= 0.3 is 12.2 Å². The molecule has 2 amide bonds. The fraction of sp³-hybridized carbons (Fsp3) is 0.533. The molecule has 1 saturated heterocycles. The molecule has 7 heteroatoms. The molecule has 1 heterocycles. The van der Waals surface area contributed by atoms with Crippen LogP contribution in [0.4, 0.5) is 18.0 Å². The summed E-state index contributed by atoms with van der Waals surface area (Å²) in [7, 11) is 0. The zero-order valence-electron chi connectivity index (χ0n) is 11.9. The van der Waals surface area contributed by atoms with Gasteiger partial charge in [0, 0.05) is 6.54 Å². The Kier molecular flexibility index (Phi) is 3.88. The van der Waals surface area contributed by atoms with Crippen molar-refractivity contribution in [2.45, 2.75) is 25.1 Å². The Labute approximate surface area is 126 Å². The third kappa shape index (κ3) is 3.64. The molecule has 120 valence electrons. The Morgan fingerprint density at radius 1 is 1.32 bits per heavy atom. The van der Waals surface area contributed by atoms with Gasteiger partial charge in [-0.3, -0.25) is 0 Å². The smallest absolute Gasteiger partial charge is 0.416 e. The van der Waals surface area contributed by atoms with Gasteiger partial charge in [-0.05, 0) is 37.0 Å². The molecule has 3 rings (SSSR count). The van der Waals surface area contributed by atoms with Crippen LogP contribution in [-0.4, -0.2) is 36.7 Å². The number of nitrogens with one attached hydrogen (secondary N) is 1. The van der Waals surface area contributed by atoms with E-state index in [-0.39, 0.29) is 17.9 Å². The molecule has 0 spiro atoms. The van der Waals surface area contributed by atoms with E-state index in [9.17, 15) is 18.0 Å². The average Bonchev–Trinajstić information content (AvgIpc) is 3.23. The molecule has 1 aliphatic heterocycles. The number of benzene rings is 1. The van der Waals surface area contributed by atoms with E-state index in [4.69, 9.17) is 4.74 Å². The van der Waals surface area contributed by atoms with Gasteiger partial charge in [-0.2, -0.15) is 13.2 Å². The summed E-state index contributed by atoms with van der Waals surface area (Å²) in [5.74, 6) is 0.792. The number of amides is 2. The number of carbonyl (C=O) groups is 1. The van der Waals surface area contributed by atoms with Crippen molar-refractivity contribution in [3.63, 3.8) is 0 Å². The first-order valence-electron chi connectivity index (χ1n) is 7.28. The van der Waals surface area contributed by atoms with Crippen molar-refractivity contribution < 1.29 is 22.7 Å². The Bertz CT molecular complexity index is 552. The summed E-state index contributed by atoms with van der Waals surface area (Å²) < 4.78 is 43.3. The van der Waals surface area contributed by atoms with E-state index in [1.54, 1.807) is 4.90 Å². The van der Waals surface area contributed by atoms with Crippen molar-refractivity contribution in [2.75, 3.05) is 19.6 Å². The molecule has 1 saturated carbocycles. The van der Waals surface area contributed by atoms with Crippen LogP contribution >= 0.6 is 0 Å². The van der Waals surface area contributed by atoms with Crippen LogP contribution in [0.2, 0.25) is 0 Å². The second-order valence-corrected chi connectivity index (χ2v) is 5.80. The number of urea groups is 1. The lowest BCUT2D eigenvalue weighted by atomic mass is 10.1. The van der Waals surface area contributed by atoms with Crippen molar-refractivity contribution in [2.24, 2.45) is 5.92 Å². The highest BCUT2D eigenvalue weighted by atomic mass is 19.4. The molecule has 0 aromatic heterocycles. The van der Waals surface area contributed by atoms with Crippen molar-refractivity contribution in [3.05, 3.63) is 29.8 Å². The van der Waals surface area contributed by atoms with Crippen molar-refractivity contribution in [1.82, 2.24) is 10.2 Å². The largest absolute Gasteiger partial charge is 0.487 e. The third-order valence-electron chi connectivity index (χ3n) is 3.84. The third-order valence-corrected chi connectivity index (χ3v) is 3.84. The van der Waals surface area contributed by atoms with Crippen LogP contribution in [0.25, 0.3) is 0 Å². The van der Waals surface area contributed by atoms with Gasteiger partial charge in [-0.15, -0.1) is 0 Å². The summed E-state index contributed by atoms with van der Waals surface area (Å²) in [6.45, 7) is 1.49. The maximum Gasteiger partial charge on any atom is 0.416 e. The molecule has 1 N–H and O–H groups in total. The average molecular weight is 314 g/mol. The summed E-state index contributed by atoms with van der Waals surface area (Å²) in [6.07, 6.45) is -2.30. The summed E-state index contributed by atoms with van der Waals surface area (Å²) >= 11 is 0. The minimum absolute atomic E-state index is 0.129. The number of alkyl halides is 3. The van der Waals surface area contributed by atoms with Crippen LogP contribution in [0, 0.1) is 5.92 Å². The van der Waals surface area contributed by atoms with Crippen LogP contribution in [-0.2, 0) is 6.18 Å². The zero-order chi connectivity index (χ0) is 15.7. The first kappa shape index (κ1) is 15.0. The quantitative estimate of drug-likeness (QED) is 0.928. The minimum atomic E-state index is -4.38. The van der Waals surface area contributed by atoms with Gasteiger partial charge in [0.1, 0.15) is 11.9 Å². The molecule has 0 bridgehead atoms. The highest BCUT2D eigenvalue weighted by molar-refractivity contribution is 5.75. The monoisotopic (exact) mass is 314 g/mol. The number of hydrogen-bond donors (Lipinski definition) is 1. The minimum Gasteiger partial charge on any atom is -0.487 e. The highest BCUT2D eigenvalue weighted by Crippen LogP contribution is 2.32. The zero-order valence-corrected chi connectivity index (χ0v) is 11.9. The molecule has 1 aliphatic carbocycles. The fourth-order valence-electron chi connectivity index (χ4n) is 2.28. The Balaban J connectivity index is 1.46. The summed E-state index contributed by atoms with van der Waals surface area (Å²) in [4.78, 5) is 13.3. The SMILES string of the molecule is O=C(NCC1CC1)N1CC(Oc2cccc(C(F)(F)F)c2)C1. The molecule has 0 unspecified atom stereocenters. The molecular formula is C15H17F3N2O2. The topological polar surface area (TPSA) is 41.6 Å². The van der Waals surface area contributed by atoms with Crippen LogP contribution in [0.5, 0.6) is 5.75 Å². The second-order valence-electron chi connectivity index (χ2n) is 5.80. The van der Waals surface area contributed by atoms with E-state index in [1.165, 1.54) is 25.0 Å². The summed E-state index contributed by atoms with van der Waals surface area (Å²) in [5, 5.41) is 2.84. The lowest BCUT2D eigenvalue weighted by Crippen LogP contribution is -2.59. The van der Waals surface area contributed by atoms with Gasteiger partial charge < -0.3 is 15.0 Å². The van der Waals surface area contributed by atoms with E-state index in [0.29, 0.717) is 25.6 Å². The maximum absolute atomic E-state index is 12.6. The van der Waals surface area contributed by atoms with Gasteiger partial charge in [0.2, 0.25) is 0 Å². The van der Waals surface area contributed by atoms with E-state index in [0.717, 1.165) is 12.1 Å². The molecule has 0 atom stereocenters. The molecule has 1 aromatic rings. The van der Waals surface area contributed by atoms with E-state index in [2.05, 4.69) is 5.32 Å². The van der Waals surface area contributed by atoms with Gasteiger partial charge in [0.15, 0.2) is 0 Å². The lowest BCUT2D eigenvalue weighted by molar-refractivity contribution is -0.137. The van der Waals surface area contributed by atoms with Crippen LogP contribution in [0.3, 0.4) is 0 Å². The van der Waals surface area contributed by atoms with Gasteiger partial charge in [0.05, 0.1) is 18.7 Å². The number of rotatable bonds is 4. The first-order valence-corrected chi connectivity index (χ1v) is 7.28. The predicted octanol–water partition coefficient (Wildman–Crippen LogP) is 2.89. The van der Waals surface area contributed by atoms with Crippen molar-refractivity contribution >= 4 is 6.03 Å². The van der Waals surface area contributed by atoms with Crippen LogP contribution in [0.1, 0.15) is 18.4 Å². The highest BCUT2D eigenvalue weighted by Gasteiger charge is 2.34. The molecule has 22 heavy (non-hydrogen) atoms. The van der Waals surface area contributed by atoms with Gasteiger partial charge in [0.25, 0.3) is 0 Å². The Hall–Kier alpha value is -1.92. The predicted molar refractivity (Wildman–Crippen MR) is 73.6 cm³/mol. The number of nitrogens with zero attached hydrogens (tertiary/aromatic N) is 1. The molecular weight excluding hydrogens is 297 g/mol. The maximum atomic E-state index is 12.6. The first-order chi connectivity index (χ1) is 10.4. The second kappa shape index (κ2) is 5.70. The number of hydrogen-bond acceptors (Lipinski definition) is 2. The number of halogens is 3. The number of carbonyl (C=O) groups excluding carboxylic acids is 1. The van der Waals surface area contributed by atoms with Crippen molar-refractivity contribution in [3.8, 4) is 5.75 Å². The molecule has 4 nitrogen and oxygen atoms in total. The fourth-order valence-corrected chi connectivity index (χ4v) is 2.28. The standard InChI is InChI=1S/C15H17F3N2O2/c16-15(17,18)11-2-1-3-12(6-11)22-13-8-20(9-13)14(21)19-7-10-4-5-10/h1-3,6,10,13H,4-5,7-9H2,(H,19,21). The van der Waals surface area contributed by atoms with Gasteiger partial charge in [-0.25, -0.2) is 4.79 Å². The summed E-state index contributed by atoms with van der Waals surface area (Å²) in [6, 6.07) is 4.67. The Morgan fingerprint density at radius 2 is 2.05 bits per heavy atom. The van der Waals surface area contributed by atoms with E-state index < -0.39 is 11.7 Å². The molecule has 2 fully saturated rings. The van der Waals surface area contributed by atoms with Crippen LogP contribution < -0.4 is 10.1 Å². The summed E-state index contributed by atoms with van der Waals surface area (Å²) in [5.41, 5.74) is -0.733. The lowest BCUT2D eigenvalue weighted by Gasteiger charge is -2.38. The molecule has 1 aromatic carbocycles. The molecule has 0 radical (unpaired) electrons. The van der Waals surface area contributed by atoms with E-state index >= 15 is 0 Å². The van der Waals surface area contributed by atoms with Crippen LogP contribution in [0.15, 0.2) is 24.3 Å². The Morgan fingerprint density at radius 3 is 2.68 bits per heavy atom. The van der Waals surface area contributed by atoms with Crippen molar-refractivity contribution in [1.29, 1.82) is 0 Å².